The molecular formula is C15H13FN4O2. The summed E-state index contributed by atoms with van der Waals surface area (Å²) in [5, 5.41) is 17.4. The highest BCUT2D eigenvalue weighted by Gasteiger charge is 2.37. The summed E-state index contributed by atoms with van der Waals surface area (Å²) < 4.78 is 12.9. The molecule has 1 heterocycles. The fraction of sp³-hybridized carbons (Fsp3) is 0.333. The van der Waals surface area contributed by atoms with Crippen molar-refractivity contribution in [3.63, 3.8) is 0 Å². The van der Waals surface area contributed by atoms with E-state index in [9.17, 15) is 14.0 Å². The van der Waals surface area contributed by atoms with Crippen molar-refractivity contribution in [1.29, 1.82) is 10.5 Å². The summed E-state index contributed by atoms with van der Waals surface area (Å²) in [7, 11) is 0. The van der Waals surface area contributed by atoms with Crippen LogP contribution in [0.1, 0.15) is 6.42 Å². The molecule has 0 bridgehead atoms. The van der Waals surface area contributed by atoms with Gasteiger partial charge in [-0.2, -0.15) is 10.5 Å². The van der Waals surface area contributed by atoms with Crippen LogP contribution in [0.25, 0.3) is 0 Å². The number of rotatable bonds is 4. The second-order valence-electron chi connectivity index (χ2n) is 4.89. The number of hydrogen-bond donors (Lipinski definition) is 0. The largest absolute Gasteiger partial charge is 0.316 e. The average molecular weight is 300 g/mol. The third kappa shape index (κ3) is 3.21. The van der Waals surface area contributed by atoms with Gasteiger partial charge >= 0.3 is 0 Å². The van der Waals surface area contributed by atoms with Crippen LogP contribution in [0.2, 0.25) is 0 Å². The predicted octanol–water partition coefficient (Wildman–Crippen LogP) is 1.05. The van der Waals surface area contributed by atoms with E-state index in [1.54, 1.807) is 0 Å². The van der Waals surface area contributed by atoms with Gasteiger partial charge in [-0.1, -0.05) is 0 Å². The van der Waals surface area contributed by atoms with Crippen molar-refractivity contribution in [2.75, 3.05) is 24.5 Å². The van der Waals surface area contributed by atoms with Crippen molar-refractivity contribution >= 4 is 17.5 Å². The maximum Gasteiger partial charge on any atom is 0.229 e. The van der Waals surface area contributed by atoms with E-state index in [1.165, 1.54) is 29.2 Å². The van der Waals surface area contributed by atoms with Gasteiger partial charge in [0.05, 0.1) is 18.1 Å². The maximum absolute atomic E-state index is 12.9. The van der Waals surface area contributed by atoms with Gasteiger partial charge in [0.15, 0.2) is 0 Å². The molecule has 22 heavy (non-hydrogen) atoms. The molecule has 112 valence electrons. The van der Waals surface area contributed by atoms with Crippen molar-refractivity contribution in [3.05, 3.63) is 30.1 Å². The lowest BCUT2D eigenvalue weighted by Gasteiger charge is -2.20. The molecule has 1 aliphatic rings. The first-order valence-electron chi connectivity index (χ1n) is 6.65. The summed E-state index contributed by atoms with van der Waals surface area (Å²) in [6.07, 6.45) is 0.0174. The summed E-state index contributed by atoms with van der Waals surface area (Å²) in [6, 6.07) is 9.10. The fourth-order valence-corrected chi connectivity index (χ4v) is 2.38. The molecule has 0 N–H and O–H groups in total. The number of amides is 2. The van der Waals surface area contributed by atoms with Gasteiger partial charge in [-0.3, -0.25) is 9.59 Å². The lowest BCUT2D eigenvalue weighted by atomic mass is 10.1. The standard InChI is InChI=1S/C15H13FN4O2/c16-12-1-3-13(4-2-12)20-10-11(9-14(20)21)15(22)19(7-5-17)8-6-18/h1-4,11H,7-10H2. The summed E-state index contributed by atoms with van der Waals surface area (Å²) in [4.78, 5) is 26.9. The van der Waals surface area contributed by atoms with Crippen molar-refractivity contribution in [2.45, 2.75) is 6.42 Å². The minimum absolute atomic E-state index is 0.0174. The highest BCUT2D eigenvalue weighted by molar-refractivity contribution is 6.00. The summed E-state index contributed by atoms with van der Waals surface area (Å²) in [5.74, 6) is -1.63. The normalized spacial score (nSPS) is 17.0. The second-order valence-corrected chi connectivity index (χ2v) is 4.89. The second kappa shape index (κ2) is 6.68. The lowest BCUT2D eigenvalue weighted by molar-refractivity contribution is -0.134. The van der Waals surface area contributed by atoms with Crippen molar-refractivity contribution in [2.24, 2.45) is 5.92 Å². The van der Waals surface area contributed by atoms with Gasteiger partial charge in [0.2, 0.25) is 11.8 Å². The zero-order valence-electron chi connectivity index (χ0n) is 11.7. The highest BCUT2D eigenvalue weighted by atomic mass is 19.1. The molecule has 2 rings (SSSR count). The van der Waals surface area contributed by atoms with Crippen LogP contribution in [-0.4, -0.2) is 36.3 Å². The Balaban J connectivity index is 2.11. The Labute approximate surface area is 127 Å². The van der Waals surface area contributed by atoms with Crippen LogP contribution in [0, 0.1) is 34.4 Å². The zero-order valence-corrected chi connectivity index (χ0v) is 11.7. The quantitative estimate of drug-likeness (QED) is 0.778. The van der Waals surface area contributed by atoms with Gasteiger partial charge < -0.3 is 9.80 Å². The predicted molar refractivity (Wildman–Crippen MR) is 74.7 cm³/mol. The molecule has 1 unspecified atom stereocenters. The van der Waals surface area contributed by atoms with E-state index in [1.807, 2.05) is 12.1 Å². The SMILES string of the molecule is N#CCN(CC#N)C(=O)C1CC(=O)N(c2ccc(F)cc2)C1. The number of anilines is 1. The number of carbonyl (C=O) groups excluding carboxylic acids is 2. The van der Waals surface area contributed by atoms with Crippen LogP contribution < -0.4 is 4.90 Å². The van der Waals surface area contributed by atoms with Crippen LogP contribution in [-0.2, 0) is 9.59 Å². The van der Waals surface area contributed by atoms with Gasteiger partial charge in [0.25, 0.3) is 0 Å². The fourth-order valence-electron chi connectivity index (χ4n) is 2.38. The van der Waals surface area contributed by atoms with Crippen LogP contribution in [0.4, 0.5) is 10.1 Å². The van der Waals surface area contributed by atoms with Gasteiger partial charge in [0.1, 0.15) is 18.9 Å². The van der Waals surface area contributed by atoms with E-state index >= 15 is 0 Å². The third-order valence-corrected chi connectivity index (χ3v) is 3.45. The molecule has 1 aromatic rings. The molecule has 1 aromatic carbocycles. The summed E-state index contributed by atoms with van der Waals surface area (Å²) >= 11 is 0. The first-order valence-corrected chi connectivity index (χ1v) is 6.65. The van der Waals surface area contributed by atoms with Crippen LogP contribution >= 0.6 is 0 Å². The summed E-state index contributed by atoms with van der Waals surface area (Å²) in [5.41, 5.74) is 0.522. The van der Waals surface area contributed by atoms with E-state index < -0.39 is 11.7 Å². The molecule has 1 aliphatic heterocycles. The van der Waals surface area contributed by atoms with Crippen molar-refractivity contribution < 1.29 is 14.0 Å². The number of carbonyl (C=O) groups is 2. The number of halogens is 1. The van der Waals surface area contributed by atoms with Crippen LogP contribution in [0.3, 0.4) is 0 Å². The van der Waals surface area contributed by atoms with Gasteiger partial charge in [-0.05, 0) is 24.3 Å². The first-order chi connectivity index (χ1) is 10.6. The van der Waals surface area contributed by atoms with E-state index in [2.05, 4.69) is 0 Å². The Hall–Kier alpha value is -2.93. The van der Waals surface area contributed by atoms with E-state index in [0.717, 1.165) is 4.90 Å². The van der Waals surface area contributed by atoms with Crippen LogP contribution in [0.15, 0.2) is 24.3 Å². The molecule has 2 amide bonds. The Morgan fingerprint density at radius 3 is 2.41 bits per heavy atom. The Morgan fingerprint density at radius 1 is 1.27 bits per heavy atom. The molecule has 0 saturated carbocycles. The van der Waals surface area contributed by atoms with Gasteiger partial charge in [0, 0.05) is 18.7 Å². The number of hydrogen-bond acceptors (Lipinski definition) is 4. The molecule has 0 spiro atoms. The molecule has 6 nitrogen and oxygen atoms in total. The van der Waals surface area contributed by atoms with Crippen molar-refractivity contribution in [1.82, 2.24) is 4.90 Å². The smallest absolute Gasteiger partial charge is 0.229 e. The number of nitrogens with zero attached hydrogens (tertiary/aromatic N) is 4. The molecule has 0 radical (unpaired) electrons. The van der Waals surface area contributed by atoms with E-state index in [-0.39, 0.29) is 37.9 Å². The Kier molecular flexibility index (Phi) is 4.70. The van der Waals surface area contributed by atoms with Gasteiger partial charge in [-0.25, -0.2) is 4.39 Å². The molecule has 0 aromatic heterocycles. The molecule has 1 saturated heterocycles. The molecular weight excluding hydrogens is 287 g/mol. The molecule has 0 aliphatic carbocycles. The topological polar surface area (TPSA) is 88.2 Å². The third-order valence-electron chi connectivity index (χ3n) is 3.45. The van der Waals surface area contributed by atoms with Crippen molar-refractivity contribution in [3.8, 4) is 12.1 Å². The van der Waals surface area contributed by atoms with Crippen LogP contribution in [0.5, 0.6) is 0 Å². The van der Waals surface area contributed by atoms with E-state index in [4.69, 9.17) is 10.5 Å². The minimum atomic E-state index is -0.598. The minimum Gasteiger partial charge on any atom is -0.316 e. The molecule has 7 heteroatoms. The lowest BCUT2D eigenvalue weighted by Crippen LogP contribution is -2.38. The van der Waals surface area contributed by atoms with Gasteiger partial charge in [-0.15, -0.1) is 0 Å². The molecule has 1 fully saturated rings. The maximum atomic E-state index is 12.9. The van der Waals surface area contributed by atoms with E-state index in [0.29, 0.717) is 5.69 Å². The average Bonchev–Trinajstić information content (AvgIpc) is 2.89. The molecule has 1 atom stereocenters. The highest BCUT2D eigenvalue weighted by Crippen LogP contribution is 2.26. The summed E-state index contributed by atoms with van der Waals surface area (Å²) in [6.45, 7) is -0.210. The number of benzene rings is 1. The first kappa shape index (κ1) is 15.5. The number of nitriles is 2. The monoisotopic (exact) mass is 300 g/mol. The Morgan fingerprint density at radius 2 is 1.86 bits per heavy atom. The zero-order chi connectivity index (χ0) is 16.1. The Bertz CT molecular complexity index is 644.